The number of rotatable bonds is 5. The van der Waals surface area contributed by atoms with Crippen LogP contribution in [-0.4, -0.2) is 36.5 Å². The van der Waals surface area contributed by atoms with Crippen LogP contribution in [0.25, 0.3) is 0 Å². The van der Waals surface area contributed by atoms with Crippen molar-refractivity contribution in [3.05, 3.63) is 21.0 Å². The molecule has 1 unspecified atom stereocenters. The molecule has 1 aliphatic heterocycles. The van der Waals surface area contributed by atoms with Crippen molar-refractivity contribution >= 4 is 21.6 Å². The van der Waals surface area contributed by atoms with Crippen LogP contribution in [-0.2, 0) is 6.54 Å². The number of anilines is 1. The van der Waals surface area contributed by atoms with Gasteiger partial charge in [-0.05, 0) is 66.5 Å². The Morgan fingerprint density at radius 1 is 1.43 bits per heavy atom. The zero-order valence-electron chi connectivity index (χ0n) is 12.5. The van der Waals surface area contributed by atoms with E-state index in [1.54, 1.807) is 4.68 Å². The van der Waals surface area contributed by atoms with Crippen molar-refractivity contribution in [3.8, 4) is 0 Å². The molecule has 1 aromatic heterocycles. The van der Waals surface area contributed by atoms with Gasteiger partial charge >= 0.3 is 0 Å². The molecule has 1 N–H and O–H groups in total. The maximum atomic E-state index is 12.4. The first-order valence-electron chi connectivity index (χ1n) is 7.82. The third-order valence-corrected chi connectivity index (χ3v) is 5.18. The molecule has 0 radical (unpaired) electrons. The molecule has 2 heterocycles. The van der Waals surface area contributed by atoms with Gasteiger partial charge in [0.25, 0.3) is 5.56 Å². The molecule has 5 nitrogen and oxygen atoms in total. The molecule has 21 heavy (non-hydrogen) atoms. The zero-order valence-corrected chi connectivity index (χ0v) is 14.1. The minimum atomic E-state index is -0.00646. The minimum absolute atomic E-state index is 0.00646. The Kier molecular flexibility index (Phi) is 4.64. The molecule has 1 saturated carbocycles. The normalized spacial score (nSPS) is 22.3. The smallest absolute Gasteiger partial charge is 0.283 e. The summed E-state index contributed by atoms with van der Waals surface area (Å²) in [4.78, 5) is 14.5. The van der Waals surface area contributed by atoms with Gasteiger partial charge in [-0.2, -0.15) is 5.10 Å². The SMILES string of the molecule is CN(CC1CCCNC1)c1cnn(CC2CC2)c(=O)c1Br. The molecule has 0 spiro atoms. The molecule has 1 atom stereocenters. The second kappa shape index (κ2) is 6.48. The highest BCUT2D eigenvalue weighted by Crippen LogP contribution is 2.30. The fourth-order valence-electron chi connectivity index (χ4n) is 2.96. The van der Waals surface area contributed by atoms with Crippen molar-refractivity contribution in [1.82, 2.24) is 15.1 Å². The number of nitrogens with zero attached hydrogens (tertiary/aromatic N) is 3. The summed E-state index contributed by atoms with van der Waals surface area (Å²) in [5.41, 5.74) is 0.894. The molecule has 0 amide bonds. The predicted molar refractivity (Wildman–Crippen MR) is 87.8 cm³/mol. The van der Waals surface area contributed by atoms with E-state index in [0.717, 1.165) is 31.9 Å². The Hall–Kier alpha value is -0.880. The highest BCUT2D eigenvalue weighted by molar-refractivity contribution is 9.10. The molecule has 0 bridgehead atoms. The largest absolute Gasteiger partial charge is 0.372 e. The van der Waals surface area contributed by atoms with E-state index in [-0.39, 0.29) is 5.56 Å². The lowest BCUT2D eigenvalue weighted by Gasteiger charge is -2.29. The standard InChI is InChI=1S/C15H23BrN4O/c1-19(9-12-3-2-6-17-7-12)13-8-18-20(10-11-4-5-11)15(21)14(13)16/h8,11-12,17H,2-7,9-10H2,1H3. The number of piperidine rings is 1. The number of nitrogens with one attached hydrogen (secondary N) is 1. The van der Waals surface area contributed by atoms with Crippen LogP contribution < -0.4 is 15.8 Å². The topological polar surface area (TPSA) is 50.2 Å². The molecule has 6 heteroatoms. The summed E-state index contributed by atoms with van der Waals surface area (Å²) in [5.74, 6) is 1.29. The van der Waals surface area contributed by atoms with Crippen LogP contribution in [0.15, 0.2) is 15.5 Å². The van der Waals surface area contributed by atoms with Crippen LogP contribution in [0, 0.1) is 11.8 Å². The van der Waals surface area contributed by atoms with Gasteiger partial charge in [0.1, 0.15) is 4.47 Å². The Labute approximate surface area is 133 Å². The van der Waals surface area contributed by atoms with Crippen molar-refractivity contribution in [2.45, 2.75) is 32.2 Å². The van der Waals surface area contributed by atoms with Gasteiger partial charge < -0.3 is 10.2 Å². The van der Waals surface area contributed by atoms with Gasteiger partial charge in [0, 0.05) is 20.1 Å². The second-order valence-corrected chi connectivity index (χ2v) is 7.16. The summed E-state index contributed by atoms with van der Waals surface area (Å²) < 4.78 is 2.24. The molecular formula is C15H23BrN4O. The van der Waals surface area contributed by atoms with Gasteiger partial charge in [-0.3, -0.25) is 4.79 Å². The van der Waals surface area contributed by atoms with Crippen molar-refractivity contribution in [2.24, 2.45) is 11.8 Å². The fraction of sp³-hybridized carbons (Fsp3) is 0.733. The van der Waals surface area contributed by atoms with Gasteiger partial charge in [-0.25, -0.2) is 4.68 Å². The third kappa shape index (κ3) is 3.66. The molecule has 2 fully saturated rings. The van der Waals surface area contributed by atoms with Crippen molar-refractivity contribution in [2.75, 3.05) is 31.6 Å². The lowest BCUT2D eigenvalue weighted by Crippen LogP contribution is -2.37. The van der Waals surface area contributed by atoms with Crippen LogP contribution in [0.2, 0.25) is 0 Å². The van der Waals surface area contributed by atoms with E-state index in [1.807, 2.05) is 13.2 Å². The van der Waals surface area contributed by atoms with Crippen molar-refractivity contribution in [3.63, 3.8) is 0 Å². The van der Waals surface area contributed by atoms with Gasteiger partial charge in [0.15, 0.2) is 0 Å². The van der Waals surface area contributed by atoms with Crippen LogP contribution in [0.1, 0.15) is 25.7 Å². The maximum Gasteiger partial charge on any atom is 0.283 e. The first kappa shape index (κ1) is 15.0. The number of halogens is 1. The molecule has 1 aliphatic carbocycles. The van der Waals surface area contributed by atoms with E-state index >= 15 is 0 Å². The first-order valence-corrected chi connectivity index (χ1v) is 8.62. The Bertz CT molecular complexity index is 549. The molecule has 1 aromatic rings. The summed E-state index contributed by atoms with van der Waals surface area (Å²) in [6, 6.07) is 0. The highest BCUT2D eigenvalue weighted by Gasteiger charge is 2.24. The second-order valence-electron chi connectivity index (χ2n) is 6.37. The number of hydrogen-bond donors (Lipinski definition) is 1. The average Bonchev–Trinajstić information content (AvgIpc) is 3.29. The van der Waals surface area contributed by atoms with E-state index in [0.29, 0.717) is 16.3 Å². The first-order chi connectivity index (χ1) is 10.1. The minimum Gasteiger partial charge on any atom is -0.372 e. The zero-order chi connectivity index (χ0) is 14.8. The lowest BCUT2D eigenvalue weighted by atomic mass is 9.99. The quantitative estimate of drug-likeness (QED) is 0.876. The number of hydrogen-bond acceptors (Lipinski definition) is 4. The van der Waals surface area contributed by atoms with E-state index < -0.39 is 0 Å². The highest BCUT2D eigenvalue weighted by atomic mass is 79.9. The van der Waals surface area contributed by atoms with Crippen LogP contribution >= 0.6 is 15.9 Å². The predicted octanol–water partition coefficient (Wildman–Crippen LogP) is 1.85. The Morgan fingerprint density at radius 3 is 2.90 bits per heavy atom. The monoisotopic (exact) mass is 354 g/mol. The van der Waals surface area contributed by atoms with Gasteiger partial charge in [0.2, 0.25) is 0 Å². The summed E-state index contributed by atoms with van der Waals surface area (Å²) >= 11 is 3.48. The molecule has 2 aliphatic rings. The fourth-order valence-corrected chi connectivity index (χ4v) is 3.57. The van der Waals surface area contributed by atoms with Crippen LogP contribution in [0.3, 0.4) is 0 Å². The summed E-state index contributed by atoms with van der Waals surface area (Å²) in [5, 5.41) is 7.79. The number of aromatic nitrogens is 2. The van der Waals surface area contributed by atoms with Crippen molar-refractivity contribution < 1.29 is 0 Å². The Balaban J connectivity index is 1.71. The molecule has 1 saturated heterocycles. The maximum absolute atomic E-state index is 12.4. The third-order valence-electron chi connectivity index (χ3n) is 4.44. The van der Waals surface area contributed by atoms with Gasteiger partial charge in [-0.15, -0.1) is 0 Å². The summed E-state index contributed by atoms with van der Waals surface area (Å²) in [6.07, 6.45) is 6.76. The van der Waals surface area contributed by atoms with Crippen LogP contribution in [0.5, 0.6) is 0 Å². The van der Waals surface area contributed by atoms with Crippen molar-refractivity contribution in [1.29, 1.82) is 0 Å². The average molecular weight is 355 g/mol. The summed E-state index contributed by atoms with van der Waals surface area (Å²) in [7, 11) is 2.04. The van der Waals surface area contributed by atoms with Gasteiger partial charge in [0.05, 0.1) is 11.9 Å². The Morgan fingerprint density at radius 2 is 2.24 bits per heavy atom. The molecule has 0 aromatic carbocycles. The molecule has 3 rings (SSSR count). The molecular weight excluding hydrogens is 332 g/mol. The molecule has 116 valence electrons. The lowest BCUT2D eigenvalue weighted by molar-refractivity contribution is 0.381. The van der Waals surface area contributed by atoms with Crippen LogP contribution in [0.4, 0.5) is 5.69 Å². The van der Waals surface area contributed by atoms with E-state index in [9.17, 15) is 4.79 Å². The van der Waals surface area contributed by atoms with E-state index in [4.69, 9.17) is 0 Å². The summed E-state index contributed by atoms with van der Waals surface area (Å²) in [6.45, 7) is 3.91. The van der Waals surface area contributed by atoms with E-state index in [2.05, 4.69) is 31.2 Å². The van der Waals surface area contributed by atoms with E-state index in [1.165, 1.54) is 25.7 Å². The van der Waals surface area contributed by atoms with Gasteiger partial charge in [-0.1, -0.05) is 0 Å².